The van der Waals surface area contributed by atoms with E-state index in [4.69, 9.17) is 4.74 Å². The molecule has 0 atom stereocenters. The van der Waals surface area contributed by atoms with Crippen LogP contribution >= 0.6 is 0 Å². The van der Waals surface area contributed by atoms with E-state index in [-0.39, 0.29) is 18.1 Å². The Labute approximate surface area is 146 Å². The largest absolute Gasteiger partial charge is 0.452 e. The summed E-state index contributed by atoms with van der Waals surface area (Å²) in [5, 5.41) is 0. The Hall–Kier alpha value is -2.89. The number of benzene rings is 2. The maximum Gasteiger partial charge on any atom is 0.338 e. The van der Waals surface area contributed by atoms with Crippen molar-refractivity contribution in [1.82, 2.24) is 4.90 Å². The van der Waals surface area contributed by atoms with Crippen LogP contribution in [0.5, 0.6) is 0 Å². The third-order valence-corrected chi connectivity index (χ3v) is 3.70. The van der Waals surface area contributed by atoms with E-state index in [1.165, 1.54) is 29.2 Å². The minimum absolute atomic E-state index is 0.205. The molecule has 0 aliphatic heterocycles. The van der Waals surface area contributed by atoms with Crippen LogP contribution in [0.25, 0.3) is 0 Å². The highest BCUT2D eigenvalue weighted by molar-refractivity contribution is 5.91. The van der Waals surface area contributed by atoms with Gasteiger partial charge in [0.1, 0.15) is 5.82 Å². The van der Waals surface area contributed by atoms with Crippen LogP contribution in [0.4, 0.5) is 10.1 Å². The molecule has 0 aliphatic carbocycles. The van der Waals surface area contributed by atoms with Crippen molar-refractivity contribution >= 4 is 17.6 Å². The molecule has 2 aromatic rings. The van der Waals surface area contributed by atoms with E-state index in [1.807, 2.05) is 43.3 Å². The first-order chi connectivity index (χ1) is 11.9. The SMILES string of the molecule is CN(Cc1ccc(N(C)C)cc1)C(=O)COC(=O)c1ccc(F)cc1. The molecule has 0 bridgehead atoms. The van der Waals surface area contributed by atoms with Gasteiger partial charge in [0.15, 0.2) is 6.61 Å². The molecule has 1 amide bonds. The van der Waals surface area contributed by atoms with Crippen LogP contribution in [0.2, 0.25) is 0 Å². The molecule has 2 rings (SSSR count). The average molecular weight is 344 g/mol. The fourth-order valence-electron chi connectivity index (χ4n) is 2.17. The summed E-state index contributed by atoms with van der Waals surface area (Å²) in [4.78, 5) is 27.4. The van der Waals surface area contributed by atoms with Gasteiger partial charge in [0.05, 0.1) is 5.56 Å². The minimum atomic E-state index is -0.655. The third kappa shape index (κ3) is 5.31. The van der Waals surface area contributed by atoms with E-state index in [0.717, 1.165) is 11.3 Å². The number of hydrogen-bond acceptors (Lipinski definition) is 4. The van der Waals surface area contributed by atoms with Crippen LogP contribution in [0.3, 0.4) is 0 Å². The highest BCUT2D eigenvalue weighted by Crippen LogP contribution is 2.13. The molecule has 0 aromatic heterocycles. The topological polar surface area (TPSA) is 49.9 Å². The monoisotopic (exact) mass is 344 g/mol. The molecule has 0 saturated carbocycles. The lowest BCUT2D eigenvalue weighted by atomic mass is 10.2. The van der Waals surface area contributed by atoms with Gasteiger partial charge < -0.3 is 14.5 Å². The summed E-state index contributed by atoms with van der Waals surface area (Å²) < 4.78 is 17.8. The number of hydrogen-bond donors (Lipinski definition) is 0. The normalized spacial score (nSPS) is 10.2. The van der Waals surface area contributed by atoms with Crippen LogP contribution in [0, 0.1) is 5.82 Å². The molecule has 0 spiro atoms. The number of likely N-dealkylation sites (N-methyl/N-ethyl adjacent to an activating group) is 1. The first-order valence-corrected chi connectivity index (χ1v) is 7.79. The van der Waals surface area contributed by atoms with Gasteiger partial charge in [-0.15, -0.1) is 0 Å². The quantitative estimate of drug-likeness (QED) is 0.756. The summed E-state index contributed by atoms with van der Waals surface area (Å²) in [6, 6.07) is 12.8. The molecule has 25 heavy (non-hydrogen) atoms. The Morgan fingerprint density at radius 3 is 2.12 bits per heavy atom. The Kier molecular flexibility index (Phi) is 6.11. The molecule has 2 aromatic carbocycles. The van der Waals surface area contributed by atoms with Gasteiger partial charge >= 0.3 is 5.97 Å². The Morgan fingerprint density at radius 1 is 0.960 bits per heavy atom. The number of nitrogens with zero attached hydrogens (tertiary/aromatic N) is 2. The number of carbonyl (C=O) groups excluding carboxylic acids is 2. The molecule has 0 aliphatic rings. The maximum atomic E-state index is 12.8. The molecular weight excluding hydrogens is 323 g/mol. The second kappa shape index (κ2) is 8.28. The summed E-state index contributed by atoms with van der Waals surface area (Å²) in [5.41, 5.74) is 2.26. The van der Waals surface area contributed by atoms with Crippen molar-refractivity contribution in [1.29, 1.82) is 0 Å². The van der Waals surface area contributed by atoms with Crippen LogP contribution < -0.4 is 4.90 Å². The molecule has 0 fully saturated rings. The number of carbonyl (C=O) groups is 2. The van der Waals surface area contributed by atoms with Gasteiger partial charge in [-0.3, -0.25) is 4.79 Å². The first kappa shape index (κ1) is 18.4. The van der Waals surface area contributed by atoms with Gasteiger partial charge in [-0.25, -0.2) is 9.18 Å². The van der Waals surface area contributed by atoms with Crippen molar-refractivity contribution in [3.8, 4) is 0 Å². The first-order valence-electron chi connectivity index (χ1n) is 7.79. The van der Waals surface area contributed by atoms with E-state index in [1.54, 1.807) is 7.05 Å². The number of esters is 1. The van der Waals surface area contributed by atoms with Gasteiger partial charge in [-0.2, -0.15) is 0 Å². The molecular formula is C19H21FN2O3. The van der Waals surface area contributed by atoms with Gasteiger partial charge in [0.2, 0.25) is 0 Å². The average Bonchev–Trinajstić information content (AvgIpc) is 2.60. The Bertz CT molecular complexity index is 727. The van der Waals surface area contributed by atoms with Crippen molar-refractivity contribution in [3.63, 3.8) is 0 Å². The van der Waals surface area contributed by atoms with E-state index >= 15 is 0 Å². The zero-order chi connectivity index (χ0) is 18.4. The second-order valence-electron chi connectivity index (χ2n) is 5.89. The molecule has 6 heteroatoms. The van der Waals surface area contributed by atoms with E-state index in [0.29, 0.717) is 6.54 Å². The minimum Gasteiger partial charge on any atom is -0.452 e. The number of ether oxygens (including phenoxy) is 1. The second-order valence-corrected chi connectivity index (χ2v) is 5.89. The van der Waals surface area contributed by atoms with Gasteiger partial charge in [0, 0.05) is 33.4 Å². The van der Waals surface area contributed by atoms with E-state index < -0.39 is 11.8 Å². The molecule has 132 valence electrons. The lowest BCUT2D eigenvalue weighted by Crippen LogP contribution is -2.30. The standard InChI is InChI=1S/C19H21FN2O3/c1-21(2)17-10-4-14(5-11-17)12-22(3)18(23)13-25-19(24)15-6-8-16(20)9-7-15/h4-11H,12-13H2,1-3H3. The molecule has 5 nitrogen and oxygen atoms in total. The summed E-state index contributed by atoms with van der Waals surface area (Å²) in [5.74, 6) is -1.41. The molecule has 0 radical (unpaired) electrons. The number of halogens is 1. The van der Waals surface area contributed by atoms with Crippen molar-refractivity contribution in [2.75, 3.05) is 32.6 Å². The Balaban J connectivity index is 1.85. The summed E-state index contributed by atoms with van der Waals surface area (Å²) in [7, 11) is 5.56. The van der Waals surface area contributed by atoms with E-state index in [9.17, 15) is 14.0 Å². The molecule has 0 unspecified atom stereocenters. The van der Waals surface area contributed by atoms with Gasteiger partial charge in [-0.05, 0) is 42.0 Å². The highest BCUT2D eigenvalue weighted by atomic mass is 19.1. The number of anilines is 1. The number of amides is 1. The third-order valence-electron chi connectivity index (χ3n) is 3.70. The van der Waals surface area contributed by atoms with Crippen molar-refractivity contribution in [2.24, 2.45) is 0 Å². The maximum absolute atomic E-state index is 12.8. The molecule has 0 saturated heterocycles. The lowest BCUT2D eigenvalue weighted by molar-refractivity contribution is -0.133. The lowest BCUT2D eigenvalue weighted by Gasteiger charge is -2.18. The fourth-order valence-corrected chi connectivity index (χ4v) is 2.17. The predicted octanol–water partition coefficient (Wildman–Crippen LogP) is 2.71. The summed E-state index contributed by atoms with van der Waals surface area (Å²) >= 11 is 0. The van der Waals surface area contributed by atoms with Crippen molar-refractivity contribution < 1.29 is 18.7 Å². The highest BCUT2D eigenvalue weighted by Gasteiger charge is 2.14. The van der Waals surface area contributed by atoms with Crippen molar-refractivity contribution in [2.45, 2.75) is 6.54 Å². The zero-order valence-electron chi connectivity index (χ0n) is 14.5. The summed E-state index contributed by atoms with van der Waals surface area (Å²) in [6.07, 6.45) is 0. The van der Waals surface area contributed by atoms with Crippen LogP contribution in [-0.2, 0) is 16.1 Å². The predicted molar refractivity (Wildman–Crippen MR) is 93.9 cm³/mol. The molecule has 0 heterocycles. The van der Waals surface area contributed by atoms with Crippen LogP contribution in [0.1, 0.15) is 15.9 Å². The van der Waals surface area contributed by atoms with E-state index in [2.05, 4.69) is 0 Å². The van der Waals surface area contributed by atoms with Gasteiger partial charge in [-0.1, -0.05) is 12.1 Å². The molecule has 0 N–H and O–H groups in total. The van der Waals surface area contributed by atoms with Crippen LogP contribution in [-0.4, -0.2) is 44.5 Å². The van der Waals surface area contributed by atoms with Crippen molar-refractivity contribution in [3.05, 3.63) is 65.5 Å². The van der Waals surface area contributed by atoms with Crippen LogP contribution in [0.15, 0.2) is 48.5 Å². The fraction of sp³-hybridized carbons (Fsp3) is 0.263. The van der Waals surface area contributed by atoms with Gasteiger partial charge in [0.25, 0.3) is 5.91 Å². The number of rotatable bonds is 6. The smallest absolute Gasteiger partial charge is 0.338 e. The Morgan fingerprint density at radius 2 is 1.56 bits per heavy atom. The zero-order valence-corrected chi connectivity index (χ0v) is 14.5. The summed E-state index contributed by atoms with van der Waals surface area (Å²) in [6.45, 7) is 0.0587.